The summed E-state index contributed by atoms with van der Waals surface area (Å²) in [6, 6.07) is 8.79. The number of allylic oxidation sites excluding steroid dienone is 2. The number of furan rings is 1. The molecule has 7 nitrogen and oxygen atoms in total. The molecular formula is C22H24N2O5. The molecule has 1 heterocycles. The van der Waals surface area contributed by atoms with E-state index in [2.05, 4.69) is 22.8 Å². The van der Waals surface area contributed by atoms with Gasteiger partial charge < -0.3 is 24.5 Å². The smallest absolute Gasteiger partial charge is 0.229 e. The third-order valence-corrected chi connectivity index (χ3v) is 5.75. The zero-order valence-electron chi connectivity index (χ0n) is 16.4. The lowest BCUT2D eigenvalue weighted by Gasteiger charge is -2.26. The Morgan fingerprint density at radius 3 is 2.48 bits per heavy atom. The first-order valence-corrected chi connectivity index (χ1v) is 9.62. The lowest BCUT2D eigenvalue weighted by atomic mass is 9.81. The SMILES string of the molecule is COc1ccc(NC(=O)[C@@H]2[C@@H](C(=O)NCc3ccco3)[C@H]3C=C[C@@H]2C3)c(OC)c1. The van der Waals surface area contributed by atoms with Crippen LogP contribution in [0.1, 0.15) is 12.2 Å². The van der Waals surface area contributed by atoms with Gasteiger partial charge in [0.15, 0.2) is 0 Å². The Hall–Kier alpha value is -3.22. The molecular weight excluding hydrogens is 372 g/mol. The number of ether oxygens (including phenoxy) is 2. The molecule has 2 aliphatic rings. The largest absolute Gasteiger partial charge is 0.497 e. The van der Waals surface area contributed by atoms with E-state index in [1.807, 2.05) is 0 Å². The summed E-state index contributed by atoms with van der Waals surface area (Å²) in [6.07, 6.45) is 6.49. The van der Waals surface area contributed by atoms with Crippen molar-refractivity contribution in [2.24, 2.45) is 23.7 Å². The zero-order chi connectivity index (χ0) is 20.4. The van der Waals surface area contributed by atoms with Gasteiger partial charge in [-0.15, -0.1) is 0 Å². The van der Waals surface area contributed by atoms with Crippen LogP contribution < -0.4 is 20.1 Å². The van der Waals surface area contributed by atoms with Gasteiger partial charge >= 0.3 is 0 Å². The number of carbonyl (C=O) groups excluding carboxylic acids is 2. The molecule has 1 fully saturated rings. The van der Waals surface area contributed by atoms with Gasteiger partial charge in [0.2, 0.25) is 11.8 Å². The van der Waals surface area contributed by atoms with Crippen LogP contribution in [0.3, 0.4) is 0 Å². The number of fused-ring (bicyclic) bond motifs is 2. The second-order valence-electron chi connectivity index (χ2n) is 7.35. The van der Waals surface area contributed by atoms with Gasteiger partial charge in [0.05, 0.1) is 44.6 Å². The minimum atomic E-state index is -0.423. The second kappa shape index (κ2) is 8.03. The molecule has 1 aromatic heterocycles. The number of nitrogens with one attached hydrogen (secondary N) is 2. The van der Waals surface area contributed by atoms with Crippen molar-refractivity contribution in [1.82, 2.24) is 5.32 Å². The average molecular weight is 396 g/mol. The van der Waals surface area contributed by atoms with Crippen LogP contribution in [0, 0.1) is 23.7 Å². The van der Waals surface area contributed by atoms with Gasteiger partial charge in [0.25, 0.3) is 0 Å². The van der Waals surface area contributed by atoms with Crippen LogP contribution in [-0.4, -0.2) is 26.0 Å². The number of benzene rings is 1. The average Bonchev–Trinajstić information content (AvgIpc) is 3.49. The number of amides is 2. The summed E-state index contributed by atoms with van der Waals surface area (Å²) in [5, 5.41) is 5.85. The number of anilines is 1. The third-order valence-electron chi connectivity index (χ3n) is 5.75. The molecule has 0 radical (unpaired) electrons. The molecule has 0 saturated heterocycles. The summed E-state index contributed by atoms with van der Waals surface area (Å²) >= 11 is 0. The Bertz CT molecular complexity index is 921. The van der Waals surface area contributed by atoms with Crippen molar-refractivity contribution >= 4 is 17.5 Å². The van der Waals surface area contributed by atoms with Gasteiger partial charge in [-0.05, 0) is 42.5 Å². The van der Waals surface area contributed by atoms with Gasteiger partial charge in [0.1, 0.15) is 17.3 Å². The maximum Gasteiger partial charge on any atom is 0.229 e. The summed E-state index contributed by atoms with van der Waals surface area (Å²) in [4.78, 5) is 26.0. The molecule has 2 amide bonds. The number of carbonyl (C=O) groups is 2. The Morgan fingerprint density at radius 1 is 1.07 bits per heavy atom. The van der Waals surface area contributed by atoms with Crippen LogP contribution in [0.4, 0.5) is 5.69 Å². The fraction of sp³-hybridized carbons (Fsp3) is 0.364. The molecule has 0 spiro atoms. The predicted octanol–water partition coefficient (Wildman–Crippen LogP) is 2.99. The first-order chi connectivity index (χ1) is 14.1. The van der Waals surface area contributed by atoms with Crippen molar-refractivity contribution in [3.63, 3.8) is 0 Å². The van der Waals surface area contributed by atoms with Gasteiger partial charge in [0, 0.05) is 6.07 Å². The van der Waals surface area contributed by atoms with Gasteiger partial charge in [-0.25, -0.2) is 0 Å². The lowest BCUT2D eigenvalue weighted by molar-refractivity contribution is -0.133. The predicted molar refractivity (Wildman–Crippen MR) is 106 cm³/mol. The molecule has 1 aromatic carbocycles. The van der Waals surface area contributed by atoms with Gasteiger partial charge in [-0.1, -0.05) is 12.2 Å². The van der Waals surface area contributed by atoms with Crippen molar-refractivity contribution in [2.75, 3.05) is 19.5 Å². The van der Waals surface area contributed by atoms with Crippen LogP contribution in [0.2, 0.25) is 0 Å². The van der Waals surface area contributed by atoms with E-state index in [-0.39, 0.29) is 23.7 Å². The van der Waals surface area contributed by atoms with Crippen molar-refractivity contribution in [3.05, 3.63) is 54.5 Å². The van der Waals surface area contributed by atoms with Crippen LogP contribution >= 0.6 is 0 Å². The van der Waals surface area contributed by atoms with E-state index in [1.54, 1.807) is 43.7 Å². The van der Waals surface area contributed by atoms with Crippen LogP contribution in [0.15, 0.2) is 53.2 Å². The summed E-state index contributed by atoms with van der Waals surface area (Å²) < 4.78 is 15.8. The molecule has 2 aromatic rings. The van der Waals surface area contributed by atoms with Gasteiger partial charge in [-0.3, -0.25) is 9.59 Å². The van der Waals surface area contributed by atoms with Crippen molar-refractivity contribution in [2.45, 2.75) is 13.0 Å². The van der Waals surface area contributed by atoms with Crippen LogP contribution in [0.5, 0.6) is 11.5 Å². The molecule has 0 unspecified atom stereocenters. The monoisotopic (exact) mass is 396 g/mol. The zero-order valence-corrected chi connectivity index (χ0v) is 16.4. The molecule has 4 atom stereocenters. The minimum absolute atomic E-state index is 0.0589. The van der Waals surface area contributed by atoms with E-state index in [9.17, 15) is 9.59 Å². The number of methoxy groups -OCH3 is 2. The van der Waals surface area contributed by atoms with E-state index in [0.717, 1.165) is 6.42 Å². The fourth-order valence-corrected chi connectivity index (χ4v) is 4.36. The number of rotatable bonds is 7. The third kappa shape index (κ3) is 3.72. The maximum absolute atomic E-state index is 13.1. The summed E-state index contributed by atoms with van der Waals surface area (Å²) in [5.41, 5.74) is 0.555. The summed E-state index contributed by atoms with van der Waals surface area (Å²) in [5.74, 6) is 0.837. The highest BCUT2D eigenvalue weighted by atomic mass is 16.5. The number of hydrogen-bond donors (Lipinski definition) is 2. The van der Waals surface area contributed by atoms with Crippen LogP contribution in [0.25, 0.3) is 0 Å². The molecule has 7 heteroatoms. The van der Waals surface area contributed by atoms with Crippen LogP contribution in [-0.2, 0) is 16.1 Å². The fourth-order valence-electron chi connectivity index (χ4n) is 4.36. The molecule has 2 aliphatic carbocycles. The molecule has 4 rings (SSSR count). The van der Waals surface area contributed by atoms with Crippen molar-refractivity contribution in [1.29, 1.82) is 0 Å². The highest BCUT2D eigenvalue weighted by Gasteiger charge is 2.51. The van der Waals surface area contributed by atoms with Crippen molar-refractivity contribution < 1.29 is 23.5 Å². The number of hydrogen-bond acceptors (Lipinski definition) is 5. The first kappa shape index (κ1) is 19.1. The van der Waals surface area contributed by atoms with E-state index in [0.29, 0.717) is 29.5 Å². The Kier molecular flexibility index (Phi) is 5.29. The summed E-state index contributed by atoms with van der Waals surface area (Å²) in [7, 11) is 3.11. The van der Waals surface area contributed by atoms with E-state index in [4.69, 9.17) is 13.9 Å². The molecule has 29 heavy (non-hydrogen) atoms. The normalized spacial score (nSPS) is 24.3. The Labute approximate surface area is 169 Å². The maximum atomic E-state index is 13.1. The van der Waals surface area contributed by atoms with Crippen molar-refractivity contribution in [3.8, 4) is 11.5 Å². The topological polar surface area (TPSA) is 89.8 Å². The molecule has 0 aliphatic heterocycles. The van der Waals surface area contributed by atoms with Gasteiger partial charge in [-0.2, -0.15) is 0 Å². The molecule has 152 valence electrons. The van der Waals surface area contributed by atoms with E-state index >= 15 is 0 Å². The minimum Gasteiger partial charge on any atom is -0.497 e. The highest BCUT2D eigenvalue weighted by Crippen LogP contribution is 2.48. The first-order valence-electron chi connectivity index (χ1n) is 9.62. The molecule has 2 N–H and O–H groups in total. The quantitative estimate of drug-likeness (QED) is 0.703. The highest BCUT2D eigenvalue weighted by molar-refractivity contribution is 5.98. The second-order valence-corrected chi connectivity index (χ2v) is 7.35. The van der Waals surface area contributed by atoms with E-state index < -0.39 is 11.8 Å². The standard InChI is InChI=1S/C22H24N2O5/c1-27-15-7-8-17(18(11-15)28-2)24-22(26)20-14-6-5-13(10-14)19(20)21(25)23-12-16-4-3-9-29-16/h3-9,11,13-14,19-20H,10,12H2,1-2H3,(H,23,25)(H,24,26)/t13-,14+,19-,20-/m0/s1. The lowest BCUT2D eigenvalue weighted by Crippen LogP contribution is -2.41. The molecule has 2 bridgehead atoms. The Balaban J connectivity index is 1.49. The Morgan fingerprint density at radius 2 is 1.83 bits per heavy atom. The van der Waals surface area contributed by atoms with E-state index in [1.165, 1.54) is 7.11 Å². The molecule has 1 saturated carbocycles. The summed E-state index contributed by atoms with van der Waals surface area (Å²) in [6.45, 7) is 0.310.